The number of aliphatic imine (C=N–C) groups is 1. The Balaban J connectivity index is 1.53. The van der Waals surface area contributed by atoms with Crippen molar-refractivity contribution in [1.82, 2.24) is 20.0 Å². The van der Waals surface area contributed by atoms with E-state index in [2.05, 4.69) is 37.6 Å². The number of rotatable bonds is 5. The third-order valence-electron chi connectivity index (χ3n) is 4.40. The van der Waals surface area contributed by atoms with Crippen LogP contribution in [0.5, 0.6) is 0 Å². The largest absolute Gasteiger partial charge is 0.353 e. The van der Waals surface area contributed by atoms with Crippen molar-refractivity contribution in [2.75, 3.05) is 46.8 Å². The van der Waals surface area contributed by atoms with E-state index in [0.29, 0.717) is 6.04 Å². The first-order chi connectivity index (χ1) is 11.6. The molecule has 1 aromatic rings. The molecule has 1 saturated heterocycles. The summed E-state index contributed by atoms with van der Waals surface area (Å²) < 4.78 is 0. The number of likely N-dealkylation sites (N-methyl/N-ethyl adjacent to an activating group) is 1. The summed E-state index contributed by atoms with van der Waals surface area (Å²) in [5, 5.41) is 5.64. The Morgan fingerprint density at radius 1 is 1.33 bits per heavy atom. The number of hydrogen-bond acceptors (Lipinski definition) is 4. The summed E-state index contributed by atoms with van der Waals surface area (Å²) in [6.07, 6.45) is 2.41. The summed E-state index contributed by atoms with van der Waals surface area (Å²) >= 11 is 1.82. The zero-order valence-corrected chi connectivity index (χ0v) is 15.4. The van der Waals surface area contributed by atoms with Gasteiger partial charge < -0.3 is 15.1 Å². The number of nitrogens with one attached hydrogen (secondary N) is 1. The van der Waals surface area contributed by atoms with E-state index in [1.165, 1.54) is 17.7 Å². The molecule has 132 valence electrons. The quantitative estimate of drug-likeness (QED) is 0.638. The molecule has 1 amide bonds. The second-order valence-corrected chi connectivity index (χ2v) is 7.72. The molecule has 0 unspecified atom stereocenters. The van der Waals surface area contributed by atoms with Crippen LogP contribution in [-0.2, 0) is 11.3 Å². The standard InChI is InChI=1S/C17H27N5OS/c1-20(2)16(23)12-18-17(19-14-5-6-14)22-9-7-21(8-10-22)13-15-4-3-11-24-15/h3-4,11,14H,5-10,12-13H2,1-2H3,(H,18,19). The smallest absolute Gasteiger partial charge is 0.243 e. The second-order valence-electron chi connectivity index (χ2n) is 6.69. The highest BCUT2D eigenvalue weighted by atomic mass is 32.1. The van der Waals surface area contributed by atoms with Crippen LogP contribution in [0.3, 0.4) is 0 Å². The third kappa shape index (κ3) is 4.95. The van der Waals surface area contributed by atoms with Crippen LogP contribution in [0.25, 0.3) is 0 Å². The molecule has 2 aliphatic rings. The molecule has 1 N–H and O–H groups in total. The molecule has 24 heavy (non-hydrogen) atoms. The fourth-order valence-corrected chi connectivity index (χ4v) is 3.42. The molecule has 1 aliphatic carbocycles. The van der Waals surface area contributed by atoms with Gasteiger partial charge >= 0.3 is 0 Å². The molecule has 1 saturated carbocycles. The maximum Gasteiger partial charge on any atom is 0.243 e. The van der Waals surface area contributed by atoms with E-state index in [0.717, 1.165) is 38.7 Å². The van der Waals surface area contributed by atoms with Crippen molar-refractivity contribution < 1.29 is 4.79 Å². The van der Waals surface area contributed by atoms with Crippen LogP contribution in [-0.4, -0.2) is 79.4 Å². The van der Waals surface area contributed by atoms with E-state index in [1.807, 2.05) is 11.3 Å². The lowest BCUT2D eigenvalue weighted by molar-refractivity contribution is -0.127. The molecular formula is C17H27N5OS. The van der Waals surface area contributed by atoms with E-state index in [-0.39, 0.29) is 12.5 Å². The van der Waals surface area contributed by atoms with Crippen LogP contribution in [0.1, 0.15) is 17.7 Å². The predicted molar refractivity (Wildman–Crippen MR) is 98.3 cm³/mol. The van der Waals surface area contributed by atoms with Gasteiger partial charge in [-0.1, -0.05) is 6.07 Å². The van der Waals surface area contributed by atoms with E-state index in [4.69, 9.17) is 0 Å². The summed E-state index contributed by atoms with van der Waals surface area (Å²) in [5.41, 5.74) is 0. The molecule has 2 heterocycles. The molecule has 0 bridgehead atoms. The second kappa shape index (κ2) is 7.98. The minimum atomic E-state index is 0.0430. The van der Waals surface area contributed by atoms with Crippen LogP contribution in [0, 0.1) is 0 Å². The van der Waals surface area contributed by atoms with Crippen LogP contribution in [0.2, 0.25) is 0 Å². The number of carbonyl (C=O) groups is 1. The van der Waals surface area contributed by atoms with E-state index < -0.39 is 0 Å². The number of hydrogen-bond donors (Lipinski definition) is 1. The Bertz CT molecular complexity index is 560. The van der Waals surface area contributed by atoms with Crippen molar-refractivity contribution in [2.45, 2.75) is 25.4 Å². The van der Waals surface area contributed by atoms with E-state index in [9.17, 15) is 4.79 Å². The first-order valence-corrected chi connectivity index (χ1v) is 9.50. The van der Waals surface area contributed by atoms with Gasteiger partial charge in [-0.15, -0.1) is 11.3 Å². The van der Waals surface area contributed by atoms with Crippen LogP contribution < -0.4 is 5.32 Å². The molecule has 6 nitrogen and oxygen atoms in total. The molecule has 0 atom stereocenters. The van der Waals surface area contributed by atoms with Gasteiger partial charge in [0, 0.05) is 57.7 Å². The molecule has 3 rings (SSSR count). The van der Waals surface area contributed by atoms with Gasteiger partial charge in [0.25, 0.3) is 0 Å². The van der Waals surface area contributed by atoms with Gasteiger partial charge in [-0.05, 0) is 24.3 Å². The summed E-state index contributed by atoms with van der Waals surface area (Å²) in [6.45, 7) is 5.24. The first kappa shape index (κ1) is 17.2. The van der Waals surface area contributed by atoms with Gasteiger partial charge in [0.2, 0.25) is 5.91 Å². The van der Waals surface area contributed by atoms with Gasteiger partial charge in [-0.2, -0.15) is 0 Å². The van der Waals surface area contributed by atoms with Gasteiger partial charge in [0.05, 0.1) is 0 Å². The first-order valence-electron chi connectivity index (χ1n) is 8.62. The SMILES string of the molecule is CN(C)C(=O)CN=C(NC1CC1)N1CCN(Cc2cccs2)CC1. The van der Waals surface area contributed by atoms with Crippen molar-refractivity contribution in [2.24, 2.45) is 4.99 Å². The highest BCUT2D eigenvalue weighted by Gasteiger charge is 2.27. The molecule has 2 fully saturated rings. The van der Waals surface area contributed by atoms with Crippen molar-refractivity contribution in [1.29, 1.82) is 0 Å². The summed E-state index contributed by atoms with van der Waals surface area (Å²) in [4.78, 5) is 24.2. The zero-order valence-electron chi connectivity index (χ0n) is 14.6. The van der Waals surface area contributed by atoms with Gasteiger partial charge in [-0.25, -0.2) is 4.99 Å². The van der Waals surface area contributed by atoms with Gasteiger partial charge in [0.1, 0.15) is 6.54 Å². The topological polar surface area (TPSA) is 51.2 Å². The summed E-state index contributed by atoms with van der Waals surface area (Å²) in [6, 6.07) is 4.86. The average molecular weight is 350 g/mol. The molecule has 1 aliphatic heterocycles. The number of guanidine groups is 1. The Hall–Kier alpha value is -1.60. The Kier molecular flexibility index (Phi) is 5.73. The van der Waals surface area contributed by atoms with E-state index >= 15 is 0 Å². The van der Waals surface area contributed by atoms with Crippen molar-refractivity contribution in [3.8, 4) is 0 Å². The summed E-state index contributed by atoms with van der Waals surface area (Å²) in [7, 11) is 3.55. The van der Waals surface area contributed by atoms with Crippen LogP contribution in [0.4, 0.5) is 0 Å². The lowest BCUT2D eigenvalue weighted by Crippen LogP contribution is -2.52. The lowest BCUT2D eigenvalue weighted by atomic mass is 10.3. The number of nitrogens with zero attached hydrogens (tertiary/aromatic N) is 4. The monoisotopic (exact) mass is 349 g/mol. The molecule has 7 heteroatoms. The maximum atomic E-state index is 11.8. The molecule has 1 aromatic heterocycles. The number of amides is 1. The number of piperazine rings is 1. The third-order valence-corrected chi connectivity index (χ3v) is 5.27. The zero-order chi connectivity index (χ0) is 16.9. The van der Waals surface area contributed by atoms with Crippen molar-refractivity contribution in [3.05, 3.63) is 22.4 Å². The molecular weight excluding hydrogens is 322 g/mol. The molecule has 0 spiro atoms. The minimum Gasteiger partial charge on any atom is -0.353 e. The number of thiophene rings is 1. The van der Waals surface area contributed by atoms with Crippen molar-refractivity contribution in [3.63, 3.8) is 0 Å². The highest BCUT2D eigenvalue weighted by Crippen LogP contribution is 2.19. The maximum absolute atomic E-state index is 11.8. The Morgan fingerprint density at radius 2 is 2.08 bits per heavy atom. The van der Waals surface area contributed by atoms with Crippen LogP contribution >= 0.6 is 11.3 Å². The fourth-order valence-electron chi connectivity index (χ4n) is 2.67. The lowest BCUT2D eigenvalue weighted by Gasteiger charge is -2.36. The highest BCUT2D eigenvalue weighted by molar-refractivity contribution is 7.09. The average Bonchev–Trinajstić information content (AvgIpc) is 3.25. The van der Waals surface area contributed by atoms with Crippen molar-refractivity contribution >= 4 is 23.2 Å². The van der Waals surface area contributed by atoms with Gasteiger partial charge in [-0.3, -0.25) is 9.69 Å². The van der Waals surface area contributed by atoms with E-state index in [1.54, 1.807) is 19.0 Å². The number of carbonyl (C=O) groups excluding carboxylic acids is 1. The molecule has 0 radical (unpaired) electrons. The fraction of sp³-hybridized carbons (Fsp3) is 0.647. The minimum absolute atomic E-state index is 0.0430. The van der Waals surface area contributed by atoms with Crippen LogP contribution in [0.15, 0.2) is 22.5 Å². The Labute approximate surface area is 148 Å². The normalized spacial score (nSPS) is 19.4. The summed E-state index contributed by atoms with van der Waals surface area (Å²) in [5.74, 6) is 0.949. The predicted octanol–water partition coefficient (Wildman–Crippen LogP) is 1.06. The van der Waals surface area contributed by atoms with Gasteiger partial charge in [0.15, 0.2) is 5.96 Å². The molecule has 0 aromatic carbocycles. The Morgan fingerprint density at radius 3 is 2.67 bits per heavy atom.